The summed E-state index contributed by atoms with van der Waals surface area (Å²) in [4.78, 5) is 32.1. The largest absolute Gasteiger partial charge is 0.465 e. The van der Waals surface area contributed by atoms with E-state index in [2.05, 4.69) is 11.8 Å². The first-order chi connectivity index (χ1) is 14.0. The number of carbonyl (C=O) groups is 1. The second-order valence-corrected chi connectivity index (χ2v) is 7.43. The maximum absolute atomic E-state index is 13.9. The second kappa shape index (κ2) is 7.66. The first-order valence-corrected chi connectivity index (χ1v) is 9.64. The molecule has 1 aliphatic heterocycles. The summed E-state index contributed by atoms with van der Waals surface area (Å²) < 4.78 is 20.1. The van der Waals surface area contributed by atoms with Gasteiger partial charge in [0, 0.05) is 13.1 Å². The van der Waals surface area contributed by atoms with E-state index >= 15 is 0 Å². The predicted octanol–water partition coefficient (Wildman–Crippen LogP) is 3.55. The van der Waals surface area contributed by atoms with Crippen LogP contribution in [0.2, 0.25) is 0 Å². The van der Waals surface area contributed by atoms with E-state index < -0.39 is 11.8 Å². The number of methoxy groups -OCH3 is 1. The highest BCUT2D eigenvalue weighted by atomic mass is 19.1. The van der Waals surface area contributed by atoms with Gasteiger partial charge in [-0.25, -0.2) is 18.7 Å². The Morgan fingerprint density at radius 1 is 1.17 bits per heavy atom. The van der Waals surface area contributed by atoms with Crippen LogP contribution in [0.1, 0.15) is 30.1 Å². The van der Waals surface area contributed by atoms with Crippen molar-refractivity contribution in [3.63, 3.8) is 0 Å². The fraction of sp³-hybridized carbons (Fsp3) is 0.318. The third kappa shape index (κ3) is 3.60. The van der Waals surface area contributed by atoms with E-state index in [0.29, 0.717) is 34.0 Å². The lowest BCUT2D eigenvalue weighted by molar-refractivity contribution is 0.0601. The summed E-state index contributed by atoms with van der Waals surface area (Å²) in [5.74, 6) is 0.152. The van der Waals surface area contributed by atoms with Crippen molar-refractivity contribution >= 4 is 22.8 Å². The van der Waals surface area contributed by atoms with Crippen LogP contribution >= 0.6 is 0 Å². The summed E-state index contributed by atoms with van der Waals surface area (Å²) >= 11 is 0. The van der Waals surface area contributed by atoms with Crippen molar-refractivity contribution in [3.05, 3.63) is 64.2 Å². The average molecular weight is 395 g/mol. The van der Waals surface area contributed by atoms with Crippen molar-refractivity contribution in [2.75, 3.05) is 25.1 Å². The minimum absolute atomic E-state index is 0.300. The lowest BCUT2D eigenvalue weighted by atomic mass is 9.99. The number of hydrogen-bond acceptors (Lipinski definition) is 5. The Bertz CT molecular complexity index is 1130. The lowest BCUT2D eigenvalue weighted by Crippen LogP contribution is -2.38. The first-order valence-electron chi connectivity index (χ1n) is 9.64. The number of carbonyl (C=O) groups excluding carboxylic acids is 1. The molecule has 2 aromatic carbocycles. The third-order valence-corrected chi connectivity index (χ3v) is 5.41. The molecule has 0 amide bonds. The molecule has 1 saturated heterocycles. The fourth-order valence-electron chi connectivity index (χ4n) is 3.69. The van der Waals surface area contributed by atoms with Gasteiger partial charge in [0.1, 0.15) is 5.82 Å². The van der Waals surface area contributed by atoms with Gasteiger partial charge in [-0.3, -0.25) is 4.79 Å². The van der Waals surface area contributed by atoms with E-state index in [-0.39, 0.29) is 5.56 Å². The van der Waals surface area contributed by atoms with Gasteiger partial charge in [0.25, 0.3) is 5.56 Å². The number of anilines is 1. The van der Waals surface area contributed by atoms with Gasteiger partial charge in [0.05, 0.1) is 29.3 Å². The average Bonchev–Trinajstić information content (AvgIpc) is 2.73. The van der Waals surface area contributed by atoms with Gasteiger partial charge >= 0.3 is 5.97 Å². The highest BCUT2D eigenvalue weighted by Gasteiger charge is 2.23. The molecular weight excluding hydrogens is 373 g/mol. The molecule has 4 rings (SSSR count). The van der Waals surface area contributed by atoms with Crippen molar-refractivity contribution in [1.82, 2.24) is 9.55 Å². The monoisotopic (exact) mass is 395 g/mol. The zero-order chi connectivity index (χ0) is 20.5. The molecule has 3 aromatic rings. The van der Waals surface area contributed by atoms with Crippen molar-refractivity contribution in [2.45, 2.75) is 19.8 Å². The van der Waals surface area contributed by atoms with Gasteiger partial charge in [-0.1, -0.05) is 13.0 Å². The maximum atomic E-state index is 13.9. The summed E-state index contributed by atoms with van der Waals surface area (Å²) in [6, 6.07) is 10.6. The highest BCUT2D eigenvalue weighted by molar-refractivity contribution is 5.94. The Balaban J connectivity index is 1.96. The quantitative estimate of drug-likeness (QED) is 0.635. The molecule has 0 aliphatic carbocycles. The molecule has 6 nitrogen and oxygen atoms in total. The Hall–Kier alpha value is -3.22. The van der Waals surface area contributed by atoms with Crippen LogP contribution in [0, 0.1) is 11.7 Å². The molecule has 0 radical (unpaired) electrons. The molecule has 0 N–H and O–H groups in total. The van der Waals surface area contributed by atoms with Crippen LogP contribution in [0.3, 0.4) is 0 Å². The molecule has 1 aliphatic rings. The standard InChI is InChI=1S/C22H22FN3O3/c1-14-8-10-25(11-9-14)22-24-19-12-15(21(28)29-2)6-7-18(19)20(27)26(22)17-5-3-4-16(23)13-17/h3-7,12-14H,8-11H2,1-2H3. The second-order valence-electron chi connectivity index (χ2n) is 7.43. The van der Waals surface area contributed by atoms with Gasteiger partial charge in [-0.15, -0.1) is 0 Å². The van der Waals surface area contributed by atoms with E-state index in [9.17, 15) is 14.0 Å². The molecule has 7 heteroatoms. The van der Waals surface area contributed by atoms with E-state index in [1.807, 2.05) is 0 Å². The van der Waals surface area contributed by atoms with Gasteiger partial charge < -0.3 is 9.64 Å². The molecule has 1 fully saturated rings. The van der Waals surface area contributed by atoms with Gasteiger partial charge in [0.2, 0.25) is 5.95 Å². The van der Waals surface area contributed by atoms with Crippen molar-refractivity contribution in [1.29, 1.82) is 0 Å². The van der Waals surface area contributed by atoms with Crippen LogP contribution in [0.5, 0.6) is 0 Å². The van der Waals surface area contributed by atoms with E-state index in [0.717, 1.165) is 25.9 Å². The van der Waals surface area contributed by atoms with Crippen LogP contribution in [0.25, 0.3) is 16.6 Å². The van der Waals surface area contributed by atoms with E-state index in [4.69, 9.17) is 9.72 Å². The Labute approximate surface area is 167 Å². The molecular formula is C22H22FN3O3. The highest BCUT2D eigenvalue weighted by Crippen LogP contribution is 2.25. The van der Waals surface area contributed by atoms with Crippen molar-refractivity contribution in [3.8, 4) is 5.69 Å². The Morgan fingerprint density at radius 3 is 2.62 bits per heavy atom. The number of nitrogens with zero attached hydrogens (tertiary/aromatic N) is 3. The van der Waals surface area contributed by atoms with Crippen LogP contribution in [0.15, 0.2) is 47.3 Å². The topological polar surface area (TPSA) is 64.4 Å². The van der Waals surface area contributed by atoms with Gasteiger partial charge in [0.15, 0.2) is 0 Å². The molecule has 29 heavy (non-hydrogen) atoms. The number of halogens is 1. The minimum atomic E-state index is -0.489. The summed E-state index contributed by atoms with van der Waals surface area (Å²) in [7, 11) is 1.31. The summed E-state index contributed by atoms with van der Waals surface area (Å²) in [6.07, 6.45) is 1.97. The Morgan fingerprint density at radius 2 is 1.93 bits per heavy atom. The first kappa shape index (κ1) is 19.1. The third-order valence-electron chi connectivity index (χ3n) is 5.41. The molecule has 0 saturated carbocycles. The molecule has 0 unspecified atom stereocenters. The number of esters is 1. The van der Waals surface area contributed by atoms with Crippen LogP contribution in [0.4, 0.5) is 10.3 Å². The number of ether oxygens (including phenoxy) is 1. The normalized spacial score (nSPS) is 14.9. The van der Waals surface area contributed by atoms with Crippen LogP contribution in [-0.2, 0) is 4.74 Å². The van der Waals surface area contributed by atoms with Crippen molar-refractivity contribution in [2.24, 2.45) is 5.92 Å². The number of aromatic nitrogens is 2. The Kier molecular flexibility index (Phi) is 5.05. The zero-order valence-corrected chi connectivity index (χ0v) is 16.4. The van der Waals surface area contributed by atoms with Crippen LogP contribution < -0.4 is 10.5 Å². The number of hydrogen-bond donors (Lipinski definition) is 0. The van der Waals surface area contributed by atoms with E-state index in [1.54, 1.807) is 24.3 Å². The zero-order valence-electron chi connectivity index (χ0n) is 16.4. The fourth-order valence-corrected chi connectivity index (χ4v) is 3.69. The summed E-state index contributed by atoms with van der Waals surface area (Å²) in [5.41, 5.74) is 0.869. The molecule has 0 spiro atoms. The molecule has 0 atom stereocenters. The van der Waals surface area contributed by atoms with Crippen molar-refractivity contribution < 1.29 is 13.9 Å². The smallest absolute Gasteiger partial charge is 0.337 e. The number of piperidine rings is 1. The van der Waals surface area contributed by atoms with Crippen LogP contribution in [-0.4, -0.2) is 35.7 Å². The molecule has 0 bridgehead atoms. The molecule has 150 valence electrons. The predicted molar refractivity (Wildman–Crippen MR) is 109 cm³/mol. The molecule has 2 heterocycles. The number of rotatable bonds is 3. The number of fused-ring (bicyclic) bond motifs is 1. The molecule has 1 aromatic heterocycles. The number of benzene rings is 2. The minimum Gasteiger partial charge on any atom is -0.465 e. The maximum Gasteiger partial charge on any atom is 0.337 e. The summed E-state index contributed by atoms with van der Waals surface area (Å²) in [6.45, 7) is 3.71. The van der Waals surface area contributed by atoms with E-state index in [1.165, 1.54) is 29.9 Å². The SMILES string of the molecule is COC(=O)c1ccc2c(=O)n(-c3cccc(F)c3)c(N3CCC(C)CC3)nc2c1. The van der Waals surface area contributed by atoms with Gasteiger partial charge in [-0.2, -0.15) is 0 Å². The summed E-state index contributed by atoms with van der Waals surface area (Å²) in [5, 5.41) is 0.357. The lowest BCUT2D eigenvalue weighted by Gasteiger charge is -2.32. The van der Waals surface area contributed by atoms with Gasteiger partial charge in [-0.05, 0) is 55.2 Å².